The van der Waals surface area contributed by atoms with Gasteiger partial charge >= 0.3 is 0 Å². The average molecular weight is 360 g/mol. The second-order valence-corrected chi connectivity index (χ2v) is 6.30. The highest BCUT2D eigenvalue weighted by molar-refractivity contribution is 5.92. The molecular weight excluding hydrogens is 336 g/mol. The molecule has 0 aliphatic heterocycles. The summed E-state index contributed by atoms with van der Waals surface area (Å²) in [6.45, 7) is 0.616. The zero-order chi connectivity index (χ0) is 19.1. The molecule has 0 bridgehead atoms. The molecule has 0 saturated heterocycles. The molecule has 0 aliphatic carbocycles. The number of nitrogens with one attached hydrogen (secondary N) is 1. The molecule has 0 fully saturated rings. The molecule has 0 spiro atoms. The molecule has 3 aromatic rings. The lowest BCUT2D eigenvalue weighted by Crippen LogP contribution is -2.24. The lowest BCUT2D eigenvalue weighted by molar-refractivity contribution is -0.116. The molecule has 0 heterocycles. The number of para-hydroxylation sites is 3. The fraction of sp³-hybridized carbons (Fsp3) is 0.174. The van der Waals surface area contributed by atoms with E-state index in [9.17, 15) is 4.79 Å². The van der Waals surface area contributed by atoms with Crippen molar-refractivity contribution in [2.75, 3.05) is 30.9 Å². The summed E-state index contributed by atoms with van der Waals surface area (Å²) >= 11 is 0. The third-order valence-electron chi connectivity index (χ3n) is 4.46. The van der Waals surface area contributed by atoms with Crippen LogP contribution in [0, 0.1) is 0 Å². The van der Waals surface area contributed by atoms with E-state index in [-0.39, 0.29) is 5.91 Å². The highest BCUT2D eigenvalue weighted by Gasteiger charge is 2.11. The van der Waals surface area contributed by atoms with Gasteiger partial charge in [-0.15, -0.1) is 0 Å². The van der Waals surface area contributed by atoms with Gasteiger partial charge in [-0.05, 0) is 23.8 Å². The van der Waals surface area contributed by atoms with E-state index in [0.29, 0.717) is 24.4 Å². The smallest absolute Gasteiger partial charge is 0.226 e. The molecule has 4 heteroatoms. The lowest BCUT2D eigenvalue weighted by Gasteiger charge is -2.22. The van der Waals surface area contributed by atoms with Crippen molar-refractivity contribution in [3.63, 3.8) is 0 Å². The number of hydrogen-bond acceptors (Lipinski definition) is 3. The molecule has 138 valence electrons. The minimum Gasteiger partial charge on any atom is -0.495 e. The second-order valence-electron chi connectivity index (χ2n) is 6.30. The Bertz CT molecular complexity index is 894. The average Bonchev–Trinajstić information content (AvgIpc) is 2.73. The van der Waals surface area contributed by atoms with Crippen LogP contribution in [0.3, 0.4) is 0 Å². The van der Waals surface area contributed by atoms with Crippen LogP contribution in [0.15, 0.2) is 78.9 Å². The van der Waals surface area contributed by atoms with Crippen LogP contribution < -0.4 is 15.0 Å². The number of anilines is 2. The SMILES string of the molecule is COc1ccccc1NC(=O)CCN(C)c1ccccc1-c1ccccc1. The number of nitrogens with zero attached hydrogens (tertiary/aromatic N) is 1. The van der Waals surface area contributed by atoms with Gasteiger partial charge in [0, 0.05) is 31.3 Å². The van der Waals surface area contributed by atoms with Crippen LogP contribution in [0.4, 0.5) is 11.4 Å². The number of methoxy groups -OCH3 is 1. The van der Waals surface area contributed by atoms with E-state index in [0.717, 1.165) is 11.3 Å². The Morgan fingerprint density at radius 1 is 0.926 bits per heavy atom. The Hall–Kier alpha value is -3.27. The molecule has 3 rings (SSSR count). The van der Waals surface area contributed by atoms with Crippen molar-refractivity contribution >= 4 is 17.3 Å². The van der Waals surface area contributed by atoms with E-state index in [1.807, 2.05) is 61.6 Å². The third kappa shape index (κ3) is 4.67. The minimum atomic E-state index is -0.0384. The third-order valence-corrected chi connectivity index (χ3v) is 4.46. The van der Waals surface area contributed by atoms with E-state index in [2.05, 4.69) is 34.5 Å². The highest BCUT2D eigenvalue weighted by atomic mass is 16.5. The molecule has 0 aliphatic rings. The number of amides is 1. The van der Waals surface area contributed by atoms with Gasteiger partial charge in [-0.2, -0.15) is 0 Å². The molecular formula is C23H24N2O2. The number of benzene rings is 3. The van der Waals surface area contributed by atoms with E-state index in [1.165, 1.54) is 5.56 Å². The molecule has 4 nitrogen and oxygen atoms in total. The van der Waals surface area contributed by atoms with Gasteiger partial charge in [-0.1, -0.05) is 60.7 Å². The van der Waals surface area contributed by atoms with Crippen molar-refractivity contribution in [3.8, 4) is 16.9 Å². The highest BCUT2D eigenvalue weighted by Crippen LogP contribution is 2.30. The Labute approximate surface area is 160 Å². The first kappa shape index (κ1) is 18.5. The van der Waals surface area contributed by atoms with Crippen LogP contribution >= 0.6 is 0 Å². The van der Waals surface area contributed by atoms with Crippen LogP contribution in [0.1, 0.15) is 6.42 Å². The Balaban J connectivity index is 1.66. The zero-order valence-electron chi connectivity index (χ0n) is 15.7. The van der Waals surface area contributed by atoms with Gasteiger partial charge in [0.2, 0.25) is 5.91 Å². The molecule has 0 atom stereocenters. The largest absolute Gasteiger partial charge is 0.495 e. The van der Waals surface area contributed by atoms with Gasteiger partial charge in [0.1, 0.15) is 5.75 Å². The van der Waals surface area contributed by atoms with Gasteiger partial charge < -0.3 is 15.0 Å². The van der Waals surface area contributed by atoms with Gasteiger partial charge in [-0.25, -0.2) is 0 Å². The second kappa shape index (κ2) is 8.90. The number of ether oxygens (including phenoxy) is 1. The van der Waals surface area contributed by atoms with E-state index in [1.54, 1.807) is 7.11 Å². The molecule has 1 N–H and O–H groups in total. The zero-order valence-corrected chi connectivity index (χ0v) is 15.7. The standard InChI is InChI=1S/C23H24N2O2/c1-25(17-16-23(26)24-20-13-7-9-15-22(20)27-2)21-14-8-6-12-19(21)18-10-4-3-5-11-18/h3-15H,16-17H2,1-2H3,(H,24,26). The molecule has 0 aromatic heterocycles. The topological polar surface area (TPSA) is 41.6 Å². The van der Waals surface area contributed by atoms with Crippen molar-refractivity contribution in [1.82, 2.24) is 0 Å². The summed E-state index contributed by atoms with van der Waals surface area (Å²) in [6.07, 6.45) is 0.387. The predicted molar refractivity (Wildman–Crippen MR) is 111 cm³/mol. The van der Waals surface area contributed by atoms with Crippen molar-refractivity contribution in [2.45, 2.75) is 6.42 Å². The van der Waals surface area contributed by atoms with Crippen LogP contribution in [0.2, 0.25) is 0 Å². The van der Waals surface area contributed by atoms with Crippen LogP contribution in [-0.4, -0.2) is 26.6 Å². The maximum atomic E-state index is 12.4. The minimum absolute atomic E-state index is 0.0384. The Kier molecular flexibility index (Phi) is 6.10. The van der Waals surface area contributed by atoms with Gasteiger partial charge in [-0.3, -0.25) is 4.79 Å². The summed E-state index contributed by atoms with van der Waals surface area (Å²) in [5, 5.41) is 2.92. The molecule has 1 amide bonds. The summed E-state index contributed by atoms with van der Waals surface area (Å²) in [5.41, 5.74) is 4.12. The molecule has 27 heavy (non-hydrogen) atoms. The first-order valence-electron chi connectivity index (χ1n) is 8.97. The van der Waals surface area contributed by atoms with Crippen LogP contribution in [-0.2, 0) is 4.79 Å². The van der Waals surface area contributed by atoms with Crippen LogP contribution in [0.5, 0.6) is 5.75 Å². The fourth-order valence-electron chi connectivity index (χ4n) is 3.02. The van der Waals surface area contributed by atoms with E-state index < -0.39 is 0 Å². The van der Waals surface area contributed by atoms with Gasteiger partial charge in [0.05, 0.1) is 12.8 Å². The van der Waals surface area contributed by atoms with Crippen molar-refractivity contribution < 1.29 is 9.53 Å². The van der Waals surface area contributed by atoms with Gasteiger partial charge in [0.15, 0.2) is 0 Å². The van der Waals surface area contributed by atoms with Crippen molar-refractivity contribution in [1.29, 1.82) is 0 Å². The summed E-state index contributed by atoms with van der Waals surface area (Å²) in [4.78, 5) is 14.5. The molecule has 0 saturated carbocycles. The van der Waals surface area contributed by atoms with Gasteiger partial charge in [0.25, 0.3) is 0 Å². The van der Waals surface area contributed by atoms with Crippen molar-refractivity contribution in [3.05, 3.63) is 78.9 Å². The van der Waals surface area contributed by atoms with Crippen molar-refractivity contribution in [2.24, 2.45) is 0 Å². The first-order chi connectivity index (χ1) is 13.2. The number of rotatable bonds is 7. The molecule has 3 aromatic carbocycles. The van der Waals surface area contributed by atoms with E-state index >= 15 is 0 Å². The number of carbonyl (C=O) groups excluding carboxylic acids is 1. The Morgan fingerprint density at radius 2 is 1.59 bits per heavy atom. The molecule has 0 unspecified atom stereocenters. The quantitative estimate of drug-likeness (QED) is 0.656. The number of hydrogen-bond donors (Lipinski definition) is 1. The summed E-state index contributed by atoms with van der Waals surface area (Å²) < 4.78 is 5.28. The number of carbonyl (C=O) groups is 1. The summed E-state index contributed by atoms with van der Waals surface area (Å²) in [7, 11) is 3.61. The predicted octanol–water partition coefficient (Wildman–Crippen LogP) is 4.83. The summed E-state index contributed by atoms with van der Waals surface area (Å²) in [6, 6.07) is 25.9. The monoisotopic (exact) mass is 360 g/mol. The Morgan fingerprint density at radius 3 is 2.37 bits per heavy atom. The summed E-state index contributed by atoms with van der Waals surface area (Å²) in [5.74, 6) is 0.622. The maximum Gasteiger partial charge on any atom is 0.226 e. The molecule has 0 radical (unpaired) electrons. The van der Waals surface area contributed by atoms with Crippen LogP contribution in [0.25, 0.3) is 11.1 Å². The first-order valence-corrected chi connectivity index (χ1v) is 8.97. The fourth-order valence-corrected chi connectivity index (χ4v) is 3.02. The normalized spacial score (nSPS) is 10.3. The lowest BCUT2D eigenvalue weighted by atomic mass is 10.0. The maximum absolute atomic E-state index is 12.4. The van der Waals surface area contributed by atoms with E-state index in [4.69, 9.17) is 4.74 Å².